The van der Waals surface area contributed by atoms with Gasteiger partial charge in [0.05, 0.1) is 18.8 Å². The average Bonchev–Trinajstić information content (AvgIpc) is 3.42. The van der Waals surface area contributed by atoms with Crippen LogP contribution in [0.3, 0.4) is 0 Å². The molecule has 0 aliphatic rings. The highest BCUT2D eigenvalue weighted by Gasteiger charge is 2.17. The molecule has 0 fully saturated rings. The molecular weight excluding hydrogens is 432 g/mol. The molecule has 170 valence electrons. The fourth-order valence-electron chi connectivity index (χ4n) is 3.90. The predicted octanol–water partition coefficient (Wildman–Crippen LogP) is 4.04. The number of aromatic nitrogens is 4. The summed E-state index contributed by atoms with van der Waals surface area (Å²) < 4.78 is 8.58. The van der Waals surface area contributed by atoms with Crippen LogP contribution in [0, 0.1) is 6.92 Å². The number of fused-ring (bicyclic) bond motifs is 2. The minimum absolute atomic E-state index is 0.294. The van der Waals surface area contributed by atoms with Crippen molar-refractivity contribution in [1.29, 1.82) is 0 Å². The van der Waals surface area contributed by atoms with Gasteiger partial charge in [-0.05, 0) is 42.8 Å². The molecule has 0 saturated carbocycles. The third-order valence-electron chi connectivity index (χ3n) is 5.66. The predicted molar refractivity (Wildman–Crippen MR) is 130 cm³/mol. The highest BCUT2D eigenvalue weighted by Crippen LogP contribution is 2.23. The van der Waals surface area contributed by atoms with Crippen molar-refractivity contribution in [2.45, 2.75) is 6.92 Å². The molecule has 0 radical (unpaired) electrons. The van der Waals surface area contributed by atoms with Gasteiger partial charge in [-0.3, -0.25) is 18.7 Å². The van der Waals surface area contributed by atoms with Crippen LogP contribution in [0.1, 0.15) is 26.5 Å². The molecule has 9 heteroatoms. The minimum Gasteiger partial charge on any atom is -0.497 e. The molecule has 0 aliphatic carbocycles. The summed E-state index contributed by atoms with van der Waals surface area (Å²) in [4.78, 5) is 30.0. The number of rotatable bonds is 5. The topological polar surface area (TPSA) is 103 Å². The van der Waals surface area contributed by atoms with Gasteiger partial charge in [0.1, 0.15) is 17.1 Å². The van der Waals surface area contributed by atoms with Gasteiger partial charge in [0, 0.05) is 36.1 Å². The molecule has 5 aromatic rings. The molecule has 3 heterocycles. The Morgan fingerprint density at radius 2 is 1.82 bits per heavy atom. The normalized spacial score (nSPS) is 11.0. The molecule has 0 saturated heterocycles. The summed E-state index contributed by atoms with van der Waals surface area (Å²) in [5.41, 5.74) is 4.29. The van der Waals surface area contributed by atoms with Crippen LogP contribution < -0.4 is 15.4 Å². The molecule has 0 aliphatic heterocycles. The Hall–Kier alpha value is -4.66. The molecule has 0 unspecified atom stereocenters. The number of pyridine rings is 1. The zero-order valence-electron chi connectivity index (χ0n) is 18.9. The number of nitrogens with zero attached hydrogens (tertiary/aromatic N) is 4. The lowest BCUT2D eigenvalue weighted by Gasteiger charge is -2.11. The monoisotopic (exact) mass is 454 g/mol. The molecule has 0 spiro atoms. The van der Waals surface area contributed by atoms with Crippen molar-refractivity contribution in [3.63, 3.8) is 0 Å². The van der Waals surface area contributed by atoms with Gasteiger partial charge in [0.2, 0.25) is 0 Å². The Balaban J connectivity index is 1.34. The lowest BCUT2D eigenvalue weighted by atomic mass is 10.1. The van der Waals surface area contributed by atoms with E-state index < -0.39 is 0 Å². The lowest BCUT2D eigenvalue weighted by molar-refractivity contribution is 0.101. The molecular formula is C25H22N6O3. The number of methoxy groups -OCH3 is 1. The van der Waals surface area contributed by atoms with E-state index in [2.05, 4.69) is 20.7 Å². The van der Waals surface area contributed by atoms with E-state index >= 15 is 0 Å². The number of anilines is 2. The van der Waals surface area contributed by atoms with E-state index in [1.165, 1.54) is 6.20 Å². The van der Waals surface area contributed by atoms with E-state index in [1.807, 2.05) is 31.2 Å². The smallest absolute Gasteiger partial charge is 0.276 e. The summed E-state index contributed by atoms with van der Waals surface area (Å²) in [6.07, 6.45) is 3.26. The molecule has 2 N–H and O–H groups in total. The third-order valence-corrected chi connectivity index (χ3v) is 5.66. The summed E-state index contributed by atoms with van der Waals surface area (Å²) in [7, 11) is 3.39. The molecule has 2 amide bonds. The molecule has 3 aromatic heterocycles. The summed E-state index contributed by atoms with van der Waals surface area (Å²) >= 11 is 0. The second-order valence-electron chi connectivity index (χ2n) is 7.87. The van der Waals surface area contributed by atoms with Crippen LogP contribution in [0.4, 0.5) is 11.4 Å². The van der Waals surface area contributed by atoms with Gasteiger partial charge < -0.3 is 15.4 Å². The highest BCUT2D eigenvalue weighted by atomic mass is 16.5. The van der Waals surface area contributed by atoms with E-state index in [-0.39, 0.29) is 11.8 Å². The Bertz CT molecular complexity index is 1570. The van der Waals surface area contributed by atoms with Crippen molar-refractivity contribution in [2.75, 3.05) is 17.7 Å². The van der Waals surface area contributed by atoms with Gasteiger partial charge in [-0.15, -0.1) is 0 Å². The zero-order valence-corrected chi connectivity index (χ0v) is 18.9. The number of carbonyl (C=O) groups excluding carboxylic acids is 2. The Morgan fingerprint density at radius 1 is 1.00 bits per heavy atom. The zero-order chi connectivity index (χ0) is 23.8. The molecule has 2 aromatic carbocycles. The van der Waals surface area contributed by atoms with Crippen molar-refractivity contribution in [2.24, 2.45) is 7.05 Å². The fraction of sp³-hybridized carbons (Fsp3) is 0.120. The van der Waals surface area contributed by atoms with Gasteiger partial charge in [-0.2, -0.15) is 5.10 Å². The van der Waals surface area contributed by atoms with Crippen molar-refractivity contribution in [3.05, 3.63) is 83.9 Å². The number of nitrogens with one attached hydrogen (secondary N) is 2. The number of hydrogen-bond acceptors (Lipinski definition) is 5. The number of amides is 2. The Labute approximate surface area is 195 Å². The first kappa shape index (κ1) is 21.2. The van der Waals surface area contributed by atoms with E-state index in [9.17, 15) is 9.59 Å². The van der Waals surface area contributed by atoms with Crippen molar-refractivity contribution < 1.29 is 14.3 Å². The van der Waals surface area contributed by atoms with Crippen molar-refractivity contribution in [1.82, 2.24) is 19.2 Å². The summed E-state index contributed by atoms with van der Waals surface area (Å²) in [5.74, 6) is 0.0730. The summed E-state index contributed by atoms with van der Waals surface area (Å²) in [6.45, 7) is 1.86. The second-order valence-corrected chi connectivity index (χ2v) is 7.87. The SMILES string of the molecule is COc1ccn2c(C(=O)Nc3ccc(NC(=O)c4nn(C)c5ccccc45)cc3C)cnc2c1. The molecule has 9 nitrogen and oxygen atoms in total. The maximum Gasteiger partial charge on any atom is 0.276 e. The molecule has 5 rings (SSSR count). The number of aryl methyl sites for hydroxylation is 2. The number of benzene rings is 2. The van der Waals surface area contributed by atoms with Crippen LogP contribution in [-0.2, 0) is 7.05 Å². The Morgan fingerprint density at radius 3 is 2.62 bits per heavy atom. The highest BCUT2D eigenvalue weighted by molar-refractivity contribution is 6.11. The number of carbonyl (C=O) groups is 2. The van der Waals surface area contributed by atoms with Crippen molar-refractivity contribution >= 4 is 39.7 Å². The number of imidazole rings is 1. The number of para-hydroxylation sites is 1. The quantitative estimate of drug-likeness (QED) is 0.417. The summed E-state index contributed by atoms with van der Waals surface area (Å²) in [6, 6.07) is 16.4. The molecule has 0 atom stereocenters. The first-order chi connectivity index (χ1) is 16.4. The van der Waals surface area contributed by atoms with Gasteiger partial charge in [-0.25, -0.2) is 4.98 Å². The van der Waals surface area contributed by atoms with E-state index in [4.69, 9.17) is 4.74 Å². The van der Waals surface area contributed by atoms with Crippen LogP contribution >= 0.6 is 0 Å². The van der Waals surface area contributed by atoms with E-state index in [0.717, 1.165) is 16.5 Å². The first-order valence-corrected chi connectivity index (χ1v) is 10.6. The minimum atomic E-state index is -0.297. The molecule has 0 bridgehead atoms. The standard InChI is InChI=1S/C25H22N6O3/c1-15-12-16(27-25(33)23-18-6-4-5-7-20(18)30(2)29-23)8-9-19(15)28-24(32)21-14-26-22-13-17(34-3)10-11-31(21)22/h4-14H,1-3H3,(H,27,33)(H,28,32). The Kier molecular flexibility index (Phi) is 5.21. The van der Waals surface area contributed by atoms with Gasteiger partial charge in [0.25, 0.3) is 11.8 Å². The van der Waals surface area contributed by atoms with E-state index in [0.29, 0.717) is 34.2 Å². The van der Waals surface area contributed by atoms with Crippen molar-refractivity contribution in [3.8, 4) is 5.75 Å². The van der Waals surface area contributed by atoms with Gasteiger partial charge in [-0.1, -0.05) is 18.2 Å². The van der Waals surface area contributed by atoms with Gasteiger partial charge in [0.15, 0.2) is 5.69 Å². The second kappa shape index (κ2) is 8.36. The van der Waals surface area contributed by atoms with Crippen LogP contribution in [0.5, 0.6) is 5.75 Å². The lowest BCUT2D eigenvalue weighted by Crippen LogP contribution is -2.16. The third kappa shape index (κ3) is 3.73. The van der Waals surface area contributed by atoms with Gasteiger partial charge >= 0.3 is 0 Å². The van der Waals surface area contributed by atoms with Crippen LogP contribution in [0.15, 0.2) is 67.0 Å². The maximum absolute atomic E-state index is 12.9. The number of ether oxygens (including phenoxy) is 1. The van der Waals surface area contributed by atoms with E-state index in [1.54, 1.807) is 59.8 Å². The average molecular weight is 454 g/mol. The number of hydrogen-bond donors (Lipinski definition) is 2. The molecule has 34 heavy (non-hydrogen) atoms. The van der Waals surface area contributed by atoms with Crippen LogP contribution in [-0.4, -0.2) is 38.1 Å². The van der Waals surface area contributed by atoms with Crippen LogP contribution in [0.2, 0.25) is 0 Å². The van der Waals surface area contributed by atoms with Crippen LogP contribution in [0.25, 0.3) is 16.6 Å². The fourth-order valence-corrected chi connectivity index (χ4v) is 3.90. The maximum atomic E-state index is 12.9. The first-order valence-electron chi connectivity index (χ1n) is 10.6. The summed E-state index contributed by atoms with van der Waals surface area (Å²) in [5, 5.41) is 11.0. The largest absolute Gasteiger partial charge is 0.497 e.